The van der Waals surface area contributed by atoms with E-state index in [-0.39, 0.29) is 11.5 Å². The van der Waals surface area contributed by atoms with Gasteiger partial charge in [-0.2, -0.15) is 0 Å². The average Bonchev–Trinajstić information content (AvgIpc) is 2.84. The molecule has 0 atom stereocenters. The van der Waals surface area contributed by atoms with Crippen molar-refractivity contribution >= 4 is 33.8 Å². The van der Waals surface area contributed by atoms with Crippen molar-refractivity contribution in [1.82, 2.24) is 0 Å². The van der Waals surface area contributed by atoms with E-state index in [0.29, 0.717) is 16.9 Å². The molecule has 0 aliphatic rings. The van der Waals surface area contributed by atoms with Crippen molar-refractivity contribution in [2.45, 2.75) is 40.0 Å². The maximum absolute atomic E-state index is 12.0. The zero-order valence-corrected chi connectivity index (χ0v) is 14.0. The predicted molar refractivity (Wildman–Crippen MR) is 87.5 cm³/mol. The third-order valence-corrected chi connectivity index (χ3v) is 4.65. The monoisotopic (exact) mass is 312 g/mol. The number of unbranched alkanes of at least 4 members (excludes halogenated alkanes) is 1. The summed E-state index contributed by atoms with van der Waals surface area (Å²) in [4.78, 5) is 26.6. The molecule has 0 bridgehead atoms. The van der Waals surface area contributed by atoms with Gasteiger partial charge in [-0.1, -0.05) is 20.3 Å². The summed E-state index contributed by atoms with van der Waals surface area (Å²) in [5.41, 5.74) is 6.62. The molecule has 0 radical (unpaired) electrons. The molecule has 0 aliphatic carbocycles. The Kier molecular flexibility index (Phi) is 6.68. The summed E-state index contributed by atoms with van der Waals surface area (Å²) in [7, 11) is 1.33. The van der Waals surface area contributed by atoms with Crippen LogP contribution < -0.4 is 10.6 Å². The van der Waals surface area contributed by atoms with Crippen LogP contribution in [-0.4, -0.2) is 32.0 Å². The van der Waals surface area contributed by atoms with E-state index >= 15 is 0 Å². The lowest BCUT2D eigenvalue weighted by atomic mass is 10.1. The van der Waals surface area contributed by atoms with Crippen LogP contribution in [0.2, 0.25) is 0 Å². The molecule has 0 amide bonds. The number of thiophene rings is 1. The van der Waals surface area contributed by atoms with Crippen molar-refractivity contribution in [3.8, 4) is 0 Å². The lowest BCUT2D eigenvalue weighted by Crippen LogP contribution is -2.25. The molecule has 6 heteroatoms. The molecule has 118 valence electrons. The number of nitrogens with zero attached hydrogens (tertiary/aromatic N) is 1. The first-order chi connectivity index (χ1) is 10.0. The van der Waals surface area contributed by atoms with E-state index in [9.17, 15) is 9.59 Å². The van der Waals surface area contributed by atoms with Crippen LogP contribution in [0.3, 0.4) is 0 Å². The van der Waals surface area contributed by atoms with E-state index in [2.05, 4.69) is 11.8 Å². The summed E-state index contributed by atoms with van der Waals surface area (Å²) < 4.78 is 4.83. The second-order valence-corrected chi connectivity index (χ2v) is 5.73. The Labute approximate surface area is 130 Å². The number of hydrogen-bond acceptors (Lipinski definition) is 6. The number of nitrogen functional groups attached to an aromatic ring is 1. The number of carbonyl (C=O) groups excluding carboxylic acids is 2. The molecule has 0 aliphatic heterocycles. The molecule has 0 saturated carbocycles. The van der Waals surface area contributed by atoms with Crippen LogP contribution in [0.4, 0.5) is 10.7 Å². The van der Waals surface area contributed by atoms with Gasteiger partial charge in [0, 0.05) is 19.5 Å². The number of anilines is 2. The summed E-state index contributed by atoms with van der Waals surface area (Å²) in [6, 6.07) is 0. The highest BCUT2D eigenvalue weighted by atomic mass is 32.1. The Bertz CT molecular complexity index is 511. The summed E-state index contributed by atoms with van der Waals surface area (Å²) in [6.45, 7) is 7.51. The number of esters is 1. The highest BCUT2D eigenvalue weighted by Gasteiger charge is 2.27. The minimum atomic E-state index is -0.483. The maximum atomic E-state index is 12.0. The first-order valence-electron chi connectivity index (χ1n) is 7.30. The third kappa shape index (κ3) is 3.75. The van der Waals surface area contributed by atoms with Gasteiger partial charge in [0.2, 0.25) is 0 Å². The van der Waals surface area contributed by atoms with Gasteiger partial charge in [-0.3, -0.25) is 4.79 Å². The number of hydrogen-bond donors (Lipinski definition) is 1. The molecule has 0 aromatic carbocycles. The van der Waals surface area contributed by atoms with E-state index < -0.39 is 5.97 Å². The van der Waals surface area contributed by atoms with Crippen LogP contribution in [0.15, 0.2) is 0 Å². The number of rotatable bonds is 8. The molecule has 2 N–H and O–H groups in total. The molecular weight excluding hydrogens is 288 g/mol. The van der Waals surface area contributed by atoms with E-state index in [1.807, 2.05) is 6.92 Å². The van der Waals surface area contributed by atoms with E-state index in [1.54, 1.807) is 6.92 Å². The van der Waals surface area contributed by atoms with Gasteiger partial charge >= 0.3 is 5.97 Å². The average molecular weight is 312 g/mol. The molecular formula is C15H24N2O3S. The van der Waals surface area contributed by atoms with Gasteiger partial charge < -0.3 is 15.4 Å². The van der Waals surface area contributed by atoms with Gasteiger partial charge in [0.05, 0.1) is 17.7 Å². The standard InChI is InChI=1S/C15H24N2O3S/c1-5-8-9-17(7-3)14-11(15(19)20-4)12(16)13(21-14)10(18)6-2/h5-9,16H2,1-4H3. The number of ether oxygens (including phenoxy) is 1. The number of carbonyl (C=O) groups is 2. The van der Waals surface area contributed by atoms with Gasteiger partial charge in [0.25, 0.3) is 0 Å². The SMILES string of the molecule is CCCCN(CC)c1sc(C(=O)CC)c(N)c1C(=O)OC. The second kappa shape index (κ2) is 8.02. The van der Waals surface area contributed by atoms with Gasteiger partial charge in [-0.25, -0.2) is 4.79 Å². The van der Waals surface area contributed by atoms with E-state index in [1.165, 1.54) is 18.4 Å². The Morgan fingerprint density at radius 2 is 1.95 bits per heavy atom. The number of nitrogens with two attached hydrogens (primary N) is 1. The van der Waals surface area contributed by atoms with Gasteiger partial charge in [0.1, 0.15) is 10.6 Å². The first kappa shape index (κ1) is 17.5. The zero-order valence-electron chi connectivity index (χ0n) is 13.2. The van der Waals surface area contributed by atoms with Crippen molar-refractivity contribution in [3.63, 3.8) is 0 Å². The van der Waals surface area contributed by atoms with Crippen molar-refractivity contribution in [3.05, 3.63) is 10.4 Å². The largest absolute Gasteiger partial charge is 0.465 e. The highest BCUT2D eigenvalue weighted by molar-refractivity contribution is 7.19. The minimum Gasteiger partial charge on any atom is -0.465 e. The van der Waals surface area contributed by atoms with Crippen LogP contribution in [-0.2, 0) is 4.74 Å². The molecule has 1 aromatic rings. The van der Waals surface area contributed by atoms with Crippen molar-refractivity contribution in [2.24, 2.45) is 0 Å². The Balaban J connectivity index is 3.33. The molecule has 0 spiro atoms. The summed E-state index contributed by atoms with van der Waals surface area (Å²) in [5, 5.41) is 0.743. The Morgan fingerprint density at radius 3 is 2.43 bits per heavy atom. The van der Waals surface area contributed by atoms with Crippen LogP contribution in [0.25, 0.3) is 0 Å². The van der Waals surface area contributed by atoms with Gasteiger partial charge in [-0.05, 0) is 13.3 Å². The maximum Gasteiger partial charge on any atom is 0.343 e. The number of Topliss-reactive ketones (excluding diaryl/α,β-unsaturated/α-hetero) is 1. The smallest absolute Gasteiger partial charge is 0.343 e. The highest BCUT2D eigenvalue weighted by Crippen LogP contribution is 2.39. The van der Waals surface area contributed by atoms with Gasteiger partial charge in [-0.15, -0.1) is 11.3 Å². The molecule has 5 nitrogen and oxygen atoms in total. The summed E-state index contributed by atoms with van der Waals surface area (Å²) in [6.07, 6.45) is 2.45. The molecule has 0 fully saturated rings. The van der Waals surface area contributed by atoms with Crippen LogP contribution in [0.1, 0.15) is 60.1 Å². The molecule has 1 rings (SSSR count). The Morgan fingerprint density at radius 1 is 1.29 bits per heavy atom. The molecule has 0 saturated heterocycles. The quantitative estimate of drug-likeness (QED) is 0.589. The fraction of sp³-hybridized carbons (Fsp3) is 0.600. The lowest BCUT2D eigenvalue weighted by molar-refractivity contribution is 0.0603. The fourth-order valence-corrected chi connectivity index (χ4v) is 3.38. The van der Waals surface area contributed by atoms with Crippen LogP contribution >= 0.6 is 11.3 Å². The van der Waals surface area contributed by atoms with Crippen molar-refractivity contribution in [2.75, 3.05) is 30.8 Å². The molecule has 21 heavy (non-hydrogen) atoms. The predicted octanol–water partition coefficient (Wildman–Crippen LogP) is 3.34. The molecule has 1 aromatic heterocycles. The molecule has 0 unspecified atom stereocenters. The first-order valence-corrected chi connectivity index (χ1v) is 8.11. The van der Waals surface area contributed by atoms with E-state index in [4.69, 9.17) is 10.5 Å². The number of ketones is 1. The van der Waals surface area contributed by atoms with E-state index in [0.717, 1.165) is 30.9 Å². The van der Waals surface area contributed by atoms with Crippen molar-refractivity contribution in [1.29, 1.82) is 0 Å². The Hall–Kier alpha value is -1.56. The second-order valence-electron chi connectivity index (χ2n) is 4.73. The van der Waals surface area contributed by atoms with Gasteiger partial charge in [0.15, 0.2) is 5.78 Å². The molecule has 1 heterocycles. The minimum absolute atomic E-state index is 0.0413. The zero-order chi connectivity index (χ0) is 16.0. The summed E-state index contributed by atoms with van der Waals surface area (Å²) in [5.74, 6) is -0.524. The summed E-state index contributed by atoms with van der Waals surface area (Å²) >= 11 is 1.30. The topological polar surface area (TPSA) is 72.6 Å². The normalized spacial score (nSPS) is 10.5. The number of methoxy groups -OCH3 is 1. The third-order valence-electron chi connectivity index (χ3n) is 3.34. The lowest BCUT2D eigenvalue weighted by Gasteiger charge is -2.22. The fourth-order valence-electron chi connectivity index (χ4n) is 2.07. The van der Waals surface area contributed by atoms with Crippen molar-refractivity contribution < 1.29 is 14.3 Å². The van der Waals surface area contributed by atoms with Crippen LogP contribution in [0.5, 0.6) is 0 Å². The van der Waals surface area contributed by atoms with Crippen LogP contribution in [0, 0.1) is 0 Å².